The molecule has 0 amide bonds. The Balaban J connectivity index is 2.20. The van der Waals surface area contributed by atoms with Crippen molar-refractivity contribution in [2.45, 2.75) is 32.4 Å². The van der Waals surface area contributed by atoms with Crippen molar-refractivity contribution in [2.24, 2.45) is 4.99 Å². The number of hydrogen-bond acceptors (Lipinski definition) is 5. The molecule has 2 aromatic rings. The van der Waals surface area contributed by atoms with Gasteiger partial charge in [-0.3, -0.25) is 15.1 Å². The first-order chi connectivity index (χ1) is 12.1. The molecule has 0 aliphatic heterocycles. The quantitative estimate of drug-likeness (QED) is 0.569. The van der Waals surface area contributed by atoms with E-state index in [1.165, 1.54) is 17.3 Å². The van der Waals surface area contributed by atoms with Crippen LogP contribution < -0.4 is 16.5 Å². The monoisotopic (exact) mass is 340 g/mol. The third kappa shape index (κ3) is 3.23. The summed E-state index contributed by atoms with van der Waals surface area (Å²) in [6.07, 6.45) is 5.34. The number of nitrogens with one attached hydrogen (secondary N) is 1. The van der Waals surface area contributed by atoms with E-state index in [4.69, 9.17) is 5.73 Å². The predicted molar refractivity (Wildman–Crippen MR) is 101 cm³/mol. The Labute approximate surface area is 147 Å². The van der Waals surface area contributed by atoms with Crippen LogP contribution in [0, 0.1) is 0 Å². The Morgan fingerprint density at radius 2 is 2.16 bits per heavy atom. The average molecular weight is 340 g/mol. The lowest BCUT2D eigenvalue weighted by molar-refractivity contribution is 0.140. The van der Waals surface area contributed by atoms with Crippen molar-refractivity contribution >= 4 is 12.0 Å². The predicted octanol–water partition coefficient (Wildman–Crippen LogP) is 1.56. The first-order valence-electron chi connectivity index (χ1n) is 8.57. The first-order valence-corrected chi connectivity index (χ1v) is 8.57. The molecule has 6 heteroatoms. The molecule has 1 heterocycles. The number of aryl methyl sites for hydroxylation is 2. The largest absolute Gasteiger partial charge is 0.384 e. The first kappa shape index (κ1) is 17.4. The van der Waals surface area contributed by atoms with Gasteiger partial charge < -0.3 is 15.4 Å². The molecule has 1 aromatic heterocycles. The van der Waals surface area contributed by atoms with Crippen LogP contribution in [-0.2, 0) is 12.8 Å². The highest BCUT2D eigenvalue weighted by Crippen LogP contribution is 2.26. The fraction of sp³-hybridized carbons (Fsp3) is 0.368. The third-order valence-corrected chi connectivity index (χ3v) is 4.62. The van der Waals surface area contributed by atoms with Crippen LogP contribution in [0.15, 0.2) is 34.2 Å². The van der Waals surface area contributed by atoms with E-state index in [1.807, 2.05) is 13.0 Å². The van der Waals surface area contributed by atoms with Gasteiger partial charge in [-0.2, -0.15) is 0 Å². The van der Waals surface area contributed by atoms with Gasteiger partial charge in [0.1, 0.15) is 12.0 Å². The van der Waals surface area contributed by atoms with Crippen LogP contribution in [0.4, 0.5) is 5.82 Å². The van der Waals surface area contributed by atoms with Gasteiger partial charge >= 0.3 is 0 Å². The van der Waals surface area contributed by atoms with Gasteiger partial charge in [-0.05, 0) is 49.1 Å². The van der Waals surface area contributed by atoms with Crippen molar-refractivity contribution in [3.05, 3.63) is 56.9 Å². The molecular weight excluding hydrogens is 316 g/mol. The number of aliphatic imine (C=N–C) groups is 1. The number of anilines is 1. The Hall–Kier alpha value is -2.44. The lowest BCUT2D eigenvalue weighted by Crippen LogP contribution is -2.30. The summed E-state index contributed by atoms with van der Waals surface area (Å²) in [7, 11) is 1.59. The van der Waals surface area contributed by atoms with E-state index in [0.717, 1.165) is 24.9 Å². The van der Waals surface area contributed by atoms with Gasteiger partial charge in [-0.1, -0.05) is 13.0 Å². The summed E-state index contributed by atoms with van der Waals surface area (Å²) in [6.45, 7) is 2.41. The van der Waals surface area contributed by atoms with Crippen molar-refractivity contribution in [2.75, 3.05) is 19.3 Å². The molecule has 0 saturated heterocycles. The molecule has 1 unspecified atom stereocenters. The number of pyridine rings is 1. The highest BCUT2D eigenvalue weighted by Gasteiger charge is 2.19. The molecule has 0 spiro atoms. The Kier molecular flexibility index (Phi) is 5.01. The fourth-order valence-electron chi connectivity index (χ4n) is 3.34. The topological polar surface area (TPSA) is 92.6 Å². The smallest absolute Gasteiger partial charge is 0.199 e. The molecule has 4 N–H and O–H groups in total. The summed E-state index contributed by atoms with van der Waals surface area (Å²) in [5, 5.41) is 13.2. The zero-order chi connectivity index (χ0) is 18.0. The third-order valence-electron chi connectivity index (χ3n) is 4.62. The second-order valence-electron chi connectivity index (χ2n) is 6.24. The van der Waals surface area contributed by atoms with Crippen molar-refractivity contribution in [3.63, 3.8) is 0 Å². The van der Waals surface area contributed by atoms with Crippen molar-refractivity contribution in [1.82, 2.24) is 9.88 Å². The number of nitrogens with two attached hydrogens (primary N) is 1. The highest BCUT2D eigenvalue weighted by atomic mass is 16.3. The number of fused-ring (bicyclic) bond motifs is 1. The SMILES string of the molecule is CCNC(O)c1cn(-c2ccc3c(c2)CCC3)c(N)c(C=NC)c1=O. The lowest BCUT2D eigenvalue weighted by Gasteiger charge is -2.18. The number of aliphatic hydroxyl groups is 1. The van der Waals surface area contributed by atoms with Gasteiger partial charge in [0.05, 0.1) is 11.1 Å². The van der Waals surface area contributed by atoms with Gasteiger partial charge in [-0.25, -0.2) is 0 Å². The minimum Gasteiger partial charge on any atom is -0.384 e. The zero-order valence-corrected chi connectivity index (χ0v) is 14.6. The minimum absolute atomic E-state index is 0.256. The van der Waals surface area contributed by atoms with Gasteiger partial charge in [0.2, 0.25) is 0 Å². The number of aromatic nitrogens is 1. The molecule has 0 bridgehead atoms. The normalized spacial score (nSPS) is 14.8. The number of benzene rings is 1. The highest BCUT2D eigenvalue weighted by molar-refractivity contribution is 5.86. The van der Waals surface area contributed by atoms with E-state index in [9.17, 15) is 9.90 Å². The number of hydrogen-bond donors (Lipinski definition) is 3. The number of nitrogens with zero attached hydrogens (tertiary/aromatic N) is 2. The number of nitrogen functional groups attached to an aromatic ring is 1. The van der Waals surface area contributed by atoms with Gasteiger partial charge in [0.25, 0.3) is 0 Å². The molecule has 3 rings (SSSR count). The molecule has 0 radical (unpaired) electrons. The molecule has 0 fully saturated rings. The van der Waals surface area contributed by atoms with E-state index in [0.29, 0.717) is 12.4 Å². The van der Waals surface area contributed by atoms with Crippen LogP contribution in [0.5, 0.6) is 0 Å². The maximum Gasteiger partial charge on any atom is 0.199 e. The van der Waals surface area contributed by atoms with Crippen LogP contribution in [0.1, 0.15) is 41.8 Å². The molecule has 132 valence electrons. The summed E-state index contributed by atoms with van der Waals surface area (Å²) in [5.41, 5.74) is 10.1. The number of rotatable bonds is 5. The van der Waals surface area contributed by atoms with E-state index >= 15 is 0 Å². The average Bonchev–Trinajstić information content (AvgIpc) is 3.06. The van der Waals surface area contributed by atoms with Crippen LogP contribution in [0.25, 0.3) is 5.69 Å². The van der Waals surface area contributed by atoms with E-state index < -0.39 is 6.23 Å². The second-order valence-corrected chi connectivity index (χ2v) is 6.24. The van der Waals surface area contributed by atoms with Crippen LogP contribution >= 0.6 is 0 Å². The summed E-state index contributed by atoms with van der Waals surface area (Å²) < 4.78 is 1.76. The molecule has 1 aliphatic carbocycles. The molecular formula is C19H24N4O2. The molecule has 1 aliphatic rings. The van der Waals surface area contributed by atoms with E-state index in [2.05, 4.69) is 22.4 Å². The van der Waals surface area contributed by atoms with E-state index in [1.54, 1.807) is 17.8 Å². The Morgan fingerprint density at radius 3 is 2.88 bits per heavy atom. The van der Waals surface area contributed by atoms with E-state index in [-0.39, 0.29) is 16.6 Å². The maximum absolute atomic E-state index is 12.7. The summed E-state index contributed by atoms with van der Waals surface area (Å²) in [5.74, 6) is 0.320. The minimum atomic E-state index is -1.05. The molecule has 6 nitrogen and oxygen atoms in total. The standard InChI is InChI=1S/C19H24N4O2/c1-3-22-19(25)16-11-23(18(20)15(10-21-2)17(16)24)14-8-7-12-5-4-6-13(12)9-14/h7-11,19,22,25H,3-6,20H2,1-2H3. The van der Waals surface area contributed by atoms with Crippen LogP contribution in [0.3, 0.4) is 0 Å². The number of aliphatic hydroxyl groups excluding tert-OH is 1. The molecule has 1 aromatic carbocycles. The maximum atomic E-state index is 12.7. The molecule has 0 saturated carbocycles. The van der Waals surface area contributed by atoms with Crippen molar-refractivity contribution < 1.29 is 5.11 Å². The van der Waals surface area contributed by atoms with Gasteiger partial charge in [-0.15, -0.1) is 0 Å². The second kappa shape index (κ2) is 7.21. The summed E-state index contributed by atoms with van der Waals surface area (Å²) >= 11 is 0. The summed E-state index contributed by atoms with van der Waals surface area (Å²) in [4.78, 5) is 16.6. The van der Waals surface area contributed by atoms with Gasteiger partial charge in [0, 0.05) is 25.1 Å². The summed E-state index contributed by atoms with van der Waals surface area (Å²) in [6, 6.07) is 6.23. The van der Waals surface area contributed by atoms with Crippen molar-refractivity contribution in [1.29, 1.82) is 0 Å². The van der Waals surface area contributed by atoms with Crippen LogP contribution in [0.2, 0.25) is 0 Å². The Bertz CT molecular complexity index is 870. The molecule has 1 atom stereocenters. The lowest BCUT2D eigenvalue weighted by atomic mass is 10.1. The van der Waals surface area contributed by atoms with Crippen LogP contribution in [-0.4, -0.2) is 29.5 Å². The van der Waals surface area contributed by atoms with Gasteiger partial charge in [0.15, 0.2) is 5.43 Å². The molecule has 25 heavy (non-hydrogen) atoms. The zero-order valence-electron chi connectivity index (χ0n) is 14.6. The fourth-order valence-corrected chi connectivity index (χ4v) is 3.34. The Morgan fingerprint density at radius 1 is 1.40 bits per heavy atom. The van der Waals surface area contributed by atoms with Crippen molar-refractivity contribution in [3.8, 4) is 5.69 Å².